The average molecular weight is 149 g/mol. The molecule has 1 atom stereocenters. The Hall–Kier alpha value is -1.11. The van der Waals surface area contributed by atoms with E-state index >= 15 is 0 Å². The predicted molar refractivity (Wildman–Crippen MR) is 44.9 cm³/mol. The van der Waals surface area contributed by atoms with Crippen molar-refractivity contribution in [1.82, 2.24) is 0 Å². The van der Waals surface area contributed by atoms with Gasteiger partial charge in [0.15, 0.2) is 0 Å². The van der Waals surface area contributed by atoms with Gasteiger partial charge in [0.25, 0.3) is 0 Å². The number of alkyl halides is 1. The Bertz CT molecular complexity index is 253. The molecule has 0 N–H and O–H groups in total. The van der Waals surface area contributed by atoms with Crippen molar-refractivity contribution in [1.29, 1.82) is 0 Å². The van der Waals surface area contributed by atoms with Crippen molar-refractivity contribution in [2.45, 2.75) is 6.17 Å². The van der Waals surface area contributed by atoms with Crippen LogP contribution < -0.4 is 0 Å². The molecule has 0 saturated carbocycles. The fourth-order valence-electron chi connectivity index (χ4n) is 0.930. The van der Waals surface area contributed by atoms with Gasteiger partial charge in [-0.05, 0) is 18.1 Å². The van der Waals surface area contributed by atoms with Gasteiger partial charge in [0.05, 0.1) is 0 Å². The topological polar surface area (TPSA) is 0 Å². The maximum Gasteiger partial charge on any atom is 0.143 e. The van der Waals surface area contributed by atoms with Crippen molar-refractivity contribution >= 4 is 0 Å². The lowest BCUT2D eigenvalue weighted by Gasteiger charge is -2.05. The number of benzene rings is 1. The Balaban J connectivity index is 3.02. The minimum atomic E-state index is -1.09. The van der Waals surface area contributed by atoms with Crippen molar-refractivity contribution in [2.75, 3.05) is 0 Å². The summed E-state index contributed by atoms with van der Waals surface area (Å²) in [4.78, 5) is 0. The molecule has 0 aromatic heterocycles. The van der Waals surface area contributed by atoms with Crippen LogP contribution in [0.2, 0.25) is 0 Å². The third-order valence-corrected chi connectivity index (χ3v) is 1.56. The summed E-state index contributed by atoms with van der Waals surface area (Å²) in [7, 11) is 0. The molecule has 57 valence electrons. The summed E-state index contributed by atoms with van der Waals surface area (Å²) >= 11 is 0. The maximum absolute atomic E-state index is 13.0. The van der Waals surface area contributed by atoms with E-state index in [1.165, 1.54) is 6.08 Å². The molecular formula is C10H10F. The summed E-state index contributed by atoms with van der Waals surface area (Å²) in [5, 5.41) is 0. The summed E-state index contributed by atoms with van der Waals surface area (Å²) in [5.41, 5.74) is 1.32. The van der Waals surface area contributed by atoms with E-state index in [0.29, 0.717) is 5.56 Å². The minimum absolute atomic E-state index is 0.600. The van der Waals surface area contributed by atoms with E-state index in [2.05, 4.69) is 13.5 Å². The van der Waals surface area contributed by atoms with Gasteiger partial charge in [-0.1, -0.05) is 36.9 Å². The van der Waals surface area contributed by atoms with E-state index < -0.39 is 6.17 Å². The van der Waals surface area contributed by atoms with E-state index in [9.17, 15) is 4.39 Å². The normalized spacial score (nSPS) is 12.5. The number of rotatable bonds is 2. The van der Waals surface area contributed by atoms with Crippen molar-refractivity contribution < 1.29 is 4.39 Å². The zero-order valence-electron chi connectivity index (χ0n) is 6.26. The molecule has 0 aliphatic rings. The molecule has 0 heterocycles. The first-order chi connectivity index (χ1) is 5.25. The van der Waals surface area contributed by atoms with Gasteiger partial charge >= 0.3 is 0 Å². The Labute approximate surface area is 66.4 Å². The highest BCUT2D eigenvalue weighted by atomic mass is 19.1. The Morgan fingerprint density at radius 3 is 2.55 bits per heavy atom. The highest BCUT2D eigenvalue weighted by molar-refractivity contribution is 5.32. The quantitative estimate of drug-likeness (QED) is 0.567. The molecule has 0 saturated heterocycles. The molecule has 0 nitrogen and oxygen atoms in total. The van der Waals surface area contributed by atoms with Crippen LogP contribution in [-0.2, 0) is 0 Å². The summed E-state index contributed by atoms with van der Waals surface area (Å²) in [5.74, 6) is 0. The molecule has 0 aliphatic heterocycles. The van der Waals surface area contributed by atoms with Crippen LogP contribution in [0.4, 0.5) is 4.39 Å². The van der Waals surface area contributed by atoms with Gasteiger partial charge in [0.1, 0.15) is 6.17 Å². The van der Waals surface area contributed by atoms with Gasteiger partial charge in [-0.2, -0.15) is 0 Å². The van der Waals surface area contributed by atoms with Gasteiger partial charge in [-0.15, -0.1) is 0 Å². The average Bonchev–Trinajstić information content (AvgIpc) is 2.04. The van der Waals surface area contributed by atoms with Crippen LogP contribution in [0, 0.1) is 6.92 Å². The third kappa shape index (κ3) is 1.67. The fourth-order valence-corrected chi connectivity index (χ4v) is 0.930. The molecule has 1 radical (unpaired) electrons. The molecule has 0 fully saturated rings. The van der Waals surface area contributed by atoms with E-state index in [0.717, 1.165) is 5.56 Å². The second kappa shape index (κ2) is 3.33. The Morgan fingerprint density at radius 2 is 2.00 bits per heavy atom. The summed E-state index contributed by atoms with van der Waals surface area (Å²) < 4.78 is 13.0. The molecule has 0 bridgehead atoms. The second-order valence-corrected chi connectivity index (χ2v) is 2.34. The number of hydrogen-bond donors (Lipinski definition) is 0. The van der Waals surface area contributed by atoms with Crippen LogP contribution in [0.3, 0.4) is 0 Å². The van der Waals surface area contributed by atoms with Gasteiger partial charge < -0.3 is 0 Å². The monoisotopic (exact) mass is 149 g/mol. The van der Waals surface area contributed by atoms with Crippen LogP contribution in [0.25, 0.3) is 0 Å². The highest BCUT2D eigenvalue weighted by Crippen LogP contribution is 2.21. The lowest BCUT2D eigenvalue weighted by atomic mass is 10.1. The molecular weight excluding hydrogens is 139 g/mol. The van der Waals surface area contributed by atoms with Crippen molar-refractivity contribution in [3.05, 3.63) is 55.0 Å². The Morgan fingerprint density at radius 1 is 1.36 bits per heavy atom. The standard InChI is InChI=1S/C10H10F/c1-3-10(11)9-7-5-4-6-8(9)2/h3-7,10H,1-2H2. The van der Waals surface area contributed by atoms with Gasteiger partial charge in [0, 0.05) is 0 Å². The van der Waals surface area contributed by atoms with Crippen molar-refractivity contribution in [3.8, 4) is 0 Å². The van der Waals surface area contributed by atoms with Crippen molar-refractivity contribution in [3.63, 3.8) is 0 Å². The first-order valence-corrected chi connectivity index (χ1v) is 3.43. The molecule has 0 amide bonds. The number of allylic oxidation sites excluding steroid dienone is 1. The minimum Gasteiger partial charge on any atom is -0.238 e. The molecule has 0 aliphatic carbocycles. The summed E-state index contributed by atoms with van der Waals surface area (Å²) in [6.07, 6.45) is 0.174. The molecule has 1 aromatic carbocycles. The van der Waals surface area contributed by atoms with Crippen molar-refractivity contribution in [2.24, 2.45) is 0 Å². The fraction of sp³-hybridized carbons (Fsp3) is 0.100. The lowest BCUT2D eigenvalue weighted by Crippen LogP contribution is -1.89. The van der Waals surface area contributed by atoms with Crippen LogP contribution in [0.1, 0.15) is 17.3 Å². The van der Waals surface area contributed by atoms with E-state index in [1.54, 1.807) is 18.2 Å². The summed E-state index contributed by atoms with van der Waals surface area (Å²) in [6.45, 7) is 7.08. The van der Waals surface area contributed by atoms with Crippen LogP contribution in [0.15, 0.2) is 36.9 Å². The molecule has 1 rings (SSSR count). The summed E-state index contributed by atoms with van der Waals surface area (Å²) in [6, 6.07) is 7.13. The zero-order valence-corrected chi connectivity index (χ0v) is 6.26. The first-order valence-electron chi connectivity index (χ1n) is 3.43. The predicted octanol–water partition coefficient (Wildman–Crippen LogP) is 3.07. The van der Waals surface area contributed by atoms with Crippen LogP contribution in [-0.4, -0.2) is 0 Å². The maximum atomic E-state index is 13.0. The van der Waals surface area contributed by atoms with Crippen LogP contribution >= 0.6 is 0 Å². The molecule has 1 unspecified atom stereocenters. The Kier molecular flexibility index (Phi) is 2.42. The van der Waals surface area contributed by atoms with Gasteiger partial charge in [-0.3, -0.25) is 0 Å². The smallest absolute Gasteiger partial charge is 0.143 e. The zero-order chi connectivity index (χ0) is 8.27. The SMILES string of the molecule is [CH2]c1ccccc1C(F)C=C. The lowest BCUT2D eigenvalue weighted by molar-refractivity contribution is 0.414. The van der Waals surface area contributed by atoms with E-state index in [-0.39, 0.29) is 0 Å². The number of halogens is 1. The molecule has 0 spiro atoms. The molecule has 11 heavy (non-hydrogen) atoms. The van der Waals surface area contributed by atoms with Gasteiger partial charge in [0.2, 0.25) is 0 Å². The third-order valence-electron chi connectivity index (χ3n) is 1.56. The first kappa shape index (κ1) is 7.99. The highest BCUT2D eigenvalue weighted by Gasteiger charge is 2.05. The van der Waals surface area contributed by atoms with Gasteiger partial charge in [-0.25, -0.2) is 4.39 Å². The van der Waals surface area contributed by atoms with E-state index in [1.807, 2.05) is 6.07 Å². The van der Waals surface area contributed by atoms with E-state index in [4.69, 9.17) is 0 Å². The largest absolute Gasteiger partial charge is 0.238 e. The molecule has 1 heteroatoms. The molecule has 1 aromatic rings. The second-order valence-electron chi connectivity index (χ2n) is 2.34. The number of hydrogen-bond acceptors (Lipinski definition) is 0. The van der Waals surface area contributed by atoms with Crippen LogP contribution in [0.5, 0.6) is 0 Å².